The Hall–Kier alpha value is -0.0400. The highest BCUT2D eigenvalue weighted by molar-refractivity contribution is 4.95. The van der Waals surface area contributed by atoms with Crippen molar-refractivity contribution in [1.82, 2.24) is 4.90 Å². The molecule has 0 N–H and O–H groups in total. The van der Waals surface area contributed by atoms with E-state index in [1.54, 1.807) is 0 Å². The number of rotatable bonds is 7. The maximum absolute atomic E-state index is 2.77. The van der Waals surface area contributed by atoms with Crippen molar-refractivity contribution in [3.63, 3.8) is 0 Å². The molecule has 0 fully saturated rings. The van der Waals surface area contributed by atoms with E-state index in [-0.39, 0.29) is 11.1 Å². The third-order valence-electron chi connectivity index (χ3n) is 3.88. The second kappa shape index (κ2) is 9.30. The molecule has 1 heteroatoms. The Kier molecular flexibility index (Phi) is 10.2. The predicted octanol–water partition coefficient (Wildman–Crippen LogP) is 7.01. The van der Waals surface area contributed by atoms with Crippen LogP contribution >= 0.6 is 0 Å². The SMILES string of the molecule is CC.CC(C)CN(C(C)(C)CC(C)C)C(C)(C)CC(C)(C)C. The van der Waals surface area contributed by atoms with Gasteiger partial charge in [0.15, 0.2) is 0 Å². The van der Waals surface area contributed by atoms with E-state index in [4.69, 9.17) is 0 Å². The summed E-state index contributed by atoms with van der Waals surface area (Å²) in [5.74, 6) is 1.45. The number of hydrogen-bond donors (Lipinski definition) is 0. The van der Waals surface area contributed by atoms with Gasteiger partial charge in [0.05, 0.1) is 0 Å². The Balaban J connectivity index is 0. The van der Waals surface area contributed by atoms with Crippen LogP contribution in [-0.2, 0) is 0 Å². The van der Waals surface area contributed by atoms with Crippen molar-refractivity contribution in [2.75, 3.05) is 6.54 Å². The van der Waals surface area contributed by atoms with Gasteiger partial charge in [0.1, 0.15) is 0 Å². The Morgan fingerprint density at radius 1 is 0.682 bits per heavy atom. The van der Waals surface area contributed by atoms with E-state index in [0.29, 0.717) is 11.3 Å². The van der Waals surface area contributed by atoms with E-state index in [1.165, 1.54) is 19.4 Å². The first kappa shape index (κ1) is 24.2. The van der Waals surface area contributed by atoms with Gasteiger partial charge in [-0.3, -0.25) is 4.90 Å². The summed E-state index contributed by atoms with van der Waals surface area (Å²) in [4.78, 5) is 2.77. The smallest absolute Gasteiger partial charge is 0.0163 e. The molecule has 0 aromatic heterocycles. The molecule has 22 heavy (non-hydrogen) atoms. The van der Waals surface area contributed by atoms with Crippen LogP contribution in [0, 0.1) is 17.3 Å². The lowest BCUT2D eigenvalue weighted by molar-refractivity contribution is -0.0250. The average Bonchev–Trinajstić information content (AvgIpc) is 2.23. The molecule has 136 valence electrons. The highest BCUT2D eigenvalue weighted by Gasteiger charge is 2.40. The monoisotopic (exact) mass is 313 g/mol. The molecule has 0 aromatic carbocycles. The molecule has 0 amide bonds. The standard InChI is InChI=1S/C19H41N.C2H6/c1-15(2)12-18(8,9)20(13-16(3)4)19(10,11)14-17(5,6)7;1-2/h15-16H,12-14H2,1-11H3;1-2H3. The highest BCUT2D eigenvalue weighted by atomic mass is 15.2. The Labute approximate surface area is 143 Å². The van der Waals surface area contributed by atoms with Crippen molar-refractivity contribution in [3.05, 3.63) is 0 Å². The molecule has 0 aromatic rings. The quantitative estimate of drug-likeness (QED) is 0.488. The van der Waals surface area contributed by atoms with Gasteiger partial charge in [0, 0.05) is 17.6 Å². The van der Waals surface area contributed by atoms with Crippen LogP contribution < -0.4 is 0 Å². The zero-order chi connectivity index (χ0) is 18.4. The number of nitrogens with zero attached hydrogens (tertiary/aromatic N) is 1. The molecule has 1 nitrogen and oxygen atoms in total. The fraction of sp³-hybridized carbons (Fsp3) is 1.00. The molecular formula is C21H47N. The van der Waals surface area contributed by atoms with E-state index in [9.17, 15) is 0 Å². The van der Waals surface area contributed by atoms with Gasteiger partial charge in [-0.25, -0.2) is 0 Å². The van der Waals surface area contributed by atoms with Gasteiger partial charge < -0.3 is 0 Å². The molecule has 0 saturated heterocycles. The average molecular weight is 314 g/mol. The van der Waals surface area contributed by atoms with Crippen LogP contribution in [0.4, 0.5) is 0 Å². The van der Waals surface area contributed by atoms with Gasteiger partial charge in [0.25, 0.3) is 0 Å². The zero-order valence-electron chi connectivity index (χ0n) is 18.2. The van der Waals surface area contributed by atoms with E-state index in [2.05, 4.69) is 81.1 Å². The van der Waals surface area contributed by atoms with Crippen LogP contribution in [0.2, 0.25) is 0 Å². The number of hydrogen-bond acceptors (Lipinski definition) is 1. The summed E-state index contributed by atoms with van der Waals surface area (Å²) in [5, 5.41) is 0. The molecule has 0 saturated carbocycles. The summed E-state index contributed by atoms with van der Waals surface area (Å²) < 4.78 is 0. The van der Waals surface area contributed by atoms with E-state index in [0.717, 1.165) is 5.92 Å². The van der Waals surface area contributed by atoms with Crippen molar-refractivity contribution in [1.29, 1.82) is 0 Å². The summed E-state index contributed by atoms with van der Waals surface area (Å²) in [7, 11) is 0. The normalized spacial score (nSPS) is 13.6. The summed E-state index contributed by atoms with van der Waals surface area (Å²) in [6.07, 6.45) is 2.49. The van der Waals surface area contributed by atoms with Crippen LogP contribution in [-0.4, -0.2) is 22.5 Å². The maximum atomic E-state index is 2.77. The van der Waals surface area contributed by atoms with Gasteiger partial charge >= 0.3 is 0 Å². The lowest BCUT2D eigenvalue weighted by atomic mass is 9.77. The van der Waals surface area contributed by atoms with Crippen molar-refractivity contribution in [2.45, 2.75) is 114 Å². The third-order valence-corrected chi connectivity index (χ3v) is 3.88. The first-order valence-corrected chi connectivity index (χ1v) is 9.45. The Bertz CT molecular complexity index is 279. The first-order chi connectivity index (χ1) is 9.67. The van der Waals surface area contributed by atoms with Gasteiger partial charge in [-0.15, -0.1) is 0 Å². The minimum Gasteiger partial charge on any atom is -0.293 e. The van der Waals surface area contributed by atoms with Crippen molar-refractivity contribution in [3.8, 4) is 0 Å². The maximum Gasteiger partial charge on any atom is 0.0163 e. The molecule has 0 bridgehead atoms. The predicted molar refractivity (Wildman–Crippen MR) is 105 cm³/mol. The molecule has 0 heterocycles. The largest absolute Gasteiger partial charge is 0.293 e. The summed E-state index contributed by atoms with van der Waals surface area (Å²) in [5.41, 5.74) is 0.862. The van der Waals surface area contributed by atoms with Crippen LogP contribution in [0.3, 0.4) is 0 Å². The van der Waals surface area contributed by atoms with Gasteiger partial charge in [0.2, 0.25) is 0 Å². The lowest BCUT2D eigenvalue weighted by Crippen LogP contribution is -2.58. The van der Waals surface area contributed by atoms with E-state index < -0.39 is 0 Å². The van der Waals surface area contributed by atoms with Gasteiger partial charge in [-0.05, 0) is 57.8 Å². The molecule has 0 rings (SSSR count). The zero-order valence-corrected chi connectivity index (χ0v) is 18.2. The topological polar surface area (TPSA) is 3.24 Å². The van der Waals surface area contributed by atoms with Crippen molar-refractivity contribution < 1.29 is 0 Å². The summed E-state index contributed by atoms with van der Waals surface area (Å²) in [6.45, 7) is 31.3. The second-order valence-electron chi connectivity index (χ2n) is 9.96. The molecule has 0 aliphatic rings. The van der Waals surface area contributed by atoms with Gasteiger partial charge in [-0.2, -0.15) is 0 Å². The molecule has 0 aliphatic heterocycles. The Morgan fingerprint density at radius 3 is 1.36 bits per heavy atom. The first-order valence-electron chi connectivity index (χ1n) is 9.45. The van der Waals surface area contributed by atoms with E-state index >= 15 is 0 Å². The van der Waals surface area contributed by atoms with Crippen LogP contribution in [0.25, 0.3) is 0 Å². The third kappa shape index (κ3) is 9.87. The molecule has 0 aliphatic carbocycles. The van der Waals surface area contributed by atoms with Crippen molar-refractivity contribution >= 4 is 0 Å². The lowest BCUT2D eigenvalue weighted by Gasteiger charge is -2.52. The molecule has 0 spiro atoms. The second-order valence-corrected chi connectivity index (χ2v) is 9.96. The van der Waals surface area contributed by atoms with Crippen LogP contribution in [0.5, 0.6) is 0 Å². The fourth-order valence-corrected chi connectivity index (χ4v) is 4.18. The van der Waals surface area contributed by atoms with Gasteiger partial charge in [-0.1, -0.05) is 62.3 Å². The Morgan fingerprint density at radius 2 is 1.09 bits per heavy atom. The highest BCUT2D eigenvalue weighted by Crippen LogP contribution is 2.38. The van der Waals surface area contributed by atoms with Crippen molar-refractivity contribution in [2.24, 2.45) is 17.3 Å². The molecular weight excluding hydrogens is 266 g/mol. The molecule has 0 radical (unpaired) electrons. The molecule has 0 atom stereocenters. The minimum absolute atomic E-state index is 0.237. The van der Waals surface area contributed by atoms with Crippen LogP contribution in [0.15, 0.2) is 0 Å². The fourth-order valence-electron chi connectivity index (χ4n) is 4.18. The molecule has 0 unspecified atom stereocenters. The minimum atomic E-state index is 0.237. The summed E-state index contributed by atoms with van der Waals surface area (Å²) in [6, 6.07) is 0. The summed E-state index contributed by atoms with van der Waals surface area (Å²) >= 11 is 0. The van der Waals surface area contributed by atoms with E-state index in [1.807, 2.05) is 13.8 Å². The van der Waals surface area contributed by atoms with Crippen LogP contribution in [0.1, 0.15) is 103 Å².